The van der Waals surface area contributed by atoms with E-state index in [2.05, 4.69) is 0 Å². The van der Waals surface area contributed by atoms with Crippen molar-refractivity contribution in [3.63, 3.8) is 0 Å². The molecular formula is C15H15ClN2O6S. The number of rotatable bonds is 6. The molecule has 0 aliphatic heterocycles. The molecule has 2 rings (SSSR count). The zero-order chi connectivity index (χ0) is 18.6. The van der Waals surface area contributed by atoms with Crippen LogP contribution in [0.4, 0.5) is 0 Å². The van der Waals surface area contributed by atoms with E-state index in [-0.39, 0.29) is 22.0 Å². The number of furan rings is 1. The van der Waals surface area contributed by atoms with Gasteiger partial charge in [-0.15, -0.1) is 0 Å². The Bertz CT molecular complexity index is 879. The molecule has 2 aromatic rings. The second-order valence-electron chi connectivity index (χ2n) is 5.09. The van der Waals surface area contributed by atoms with E-state index in [9.17, 15) is 18.0 Å². The largest absolute Gasteiger partial charge is 0.467 e. The van der Waals surface area contributed by atoms with Gasteiger partial charge in [-0.25, -0.2) is 18.4 Å². The second kappa shape index (κ2) is 7.68. The number of likely N-dealkylation sites (N-methyl/N-ethyl adjacent to an activating group) is 1. The van der Waals surface area contributed by atoms with Gasteiger partial charge < -0.3 is 14.1 Å². The average Bonchev–Trinajstić information content (AvgIpc) is 3.04. The lowest BCUT2D eigenvalue weighted by Gasteiger charge is -2.15. The first kappa shape index (κ1) is 19.0. The van der Waals surface area contributed by atoms with Crippen molar-refractivity contribution in [3.8, 4) is 0 Å². The smallest absolute Gasteiger partial charge is 0.340 e. The van der Waals surface area contributed by atoms with Crippen molar-refractivity contribution < 1.29 is 27.2 Å². The highest BCUT2D eigenvalue weighted by Gasteiger charge is 2.19. The molecule has 0 aliphatic carbocycles. The highest BCUT2D eigenvalue weighted by atomic mass is 35.5. The minimum atomic E-state index is -4.00. The number of halogens is 1. The summed E-state index contributed by atoms with van der Waals surface area (Å²) in [6.07, 6.45) is 1.48. The Morgan fingerprint density at radius 2 is 2.04 bits per heavy atom. The maximum atomic E-state index is 12.1. The molecule has 1 aromatic carbocycles. The standard InChI is InChI=1S/C15H15ClN2O6S/c1-18(8-10-3-2-6-23-10)14(19)9-24-15(20)12-7-11(25(17,21)22)4-5-13(12)16/h2-7H,8-9H2,1H3,(H2,17,21,22). The lowest BCUT2D eigenvalue weighted by atomic mass is 10.2. The zero-order valence-corrected chi connectivity index (χ0v) is 14.7. The van der Waals surface area contributed by atoms with Crippen LogP contribution in [0.15, 0.2) is 45.9 Å². The molecule has 0 radical (unpaired) electrons. The average molecular weight is 387 g/mol. The molecule has 0 fully saturated rings. The normalized spacial score (nSPS) is 11.2. The molecule has 0 saturated heterocycles. The van der Waals surface area contributed by atoms with Crippen LogP contribution >= 0.6 is 11.6 Å². The first-order chi connectivity index (χ1) is 11.7. The molecule has 0 atom stereocenters. The summed E-state index contributed by atoms with van der Waals surface area (Å²) in [5.74, 6) is -0.829. The Morgan fingerprint density at radius 1 is 1.32 bits per heavy atom. The summed E-state index contributed by atoms with van der Waals surface area (Å²) in [6.45, 7) is -0.322. The van der Waals surface area contributed by atoms with E-state index in [1.165, 1.54) is 24.3 Å². The van der Waals surface area contributed by atoms with E-state index in [0.717, 1.165) is 12.1 Å². The van der Waals surface area contributed by atoms with Gasteiger partial charge in [0.1, 0.15) is 5.76 Å². The number of carbonyl (C=O) groups is 2. The van der Waals surface area contributed by atoms with E-state index in [4.69, 9.17) is 25.9 Å². The van der Waals surface area contributed by atoms with Crippen molar-refractivity contribution in [2.45, 2.75) is 11.4 Å². The molecule has 1 heterocycles. The predicted octanol–water partition coefficient (Wildman–Crippen LogP) is 1.40. The van der Waals surface area contributed by atoms with Gasteiger partial charge in [-0.2, -0.15) is 0 Å². The van der Waals surface area contributed by atoms with Gasteiger partial charge in [-0.1, -0.05) is 11.6 Å². The van der Waals surface area contributed by atoms with E-state index < -0.39 is 28.5 Å². The van der Waals surface area contributed by atoms with Gasteiger partial charge in [0.05, 0.1) is 28.3 Å². The number of sulfonamides is 1. The van der Waals surface area contributed by atoms with Gasteiger partial charge in [0.25, 0.3) is 5.91 Å². The minimum absolute atomic E-state index is 0.0196. The van der Waals surface area contributed by atoms with Crippen LogP contribution in [-0.2, 0) is 26.1 Å². The molecule has 0 saturated carbocycles. The summed E-state index contributed by atoms with van der Waals surface area (Å²) >= 11 is 5.87. The number of benzene rings is 1. The maximum absolute atomic E-state index is 12.1. The van der Waals surface area contributed by atoms with Crippen LogP contribution < -0.4 is 5.14 Å². The number of hydrogen-bond acceptors (Lipinski definition) is 6. The Morgan fingerprint density at radius 3 is 2.64 bits per heavy atom. The minimum Gasteiger partial charge on any atom is -0.467 e. The van der Waals surface area contributed by atoms with Crippen molar-refractivity contribution in [1.82, 2.24) is 4.90 Å². The fraction of sp³-hybridized carbons (Fsp3) is 0.200. The fourth-order valence-corrected chi connectivity index (χ4v) is 2.61. The van der Waals surface area contributed by atoms with Gasteiger partial charge in [0.15, 0.2) is 6.61 Å². The summed E-state index contributed by atoms with van der Waals surface area (Å²) in [5, 5.41) is 4.99. The number of carbonyl (C=O) groups excluding carboxylic acids is 2. The number of ether oxygens (including phenoxy) is 1. The molecular weight excluding hydrogens is 372 g/mol. The molecule has 1 aromatic heterocycles. The van der Waals surface area contributed by atoms with E-state index in [0.29, 0.717) is 5.76 Å². The lowest BCUT2D eigenvalue weighted by Crippen LogP contribution is -2.30. The van der Waals surface area contributed by atoms with Crippen LogP contribution in [0.2, 0.25) is 5.02 Å². The molecule has 8 nitrogen and oxygen atoms in total. The van der Waals surface area contributed by atoms with E-state index >= 15 is 0 Å². The Kier molecular flexibility index (Phi) is 5.83. The molecule has 0 aliphatic rings. The van der Waals surface area contributed by atoms with Gasteiger partial charge >= 0.3 is 5.97 Å². The molecule has 2 N–H and O–H groups in total. The van der Waals surface area contributed by atoms with Crippen molar-refractivity contribution in [2.75, 3.05) is 13.7 Å². The third kappa shape index (κ3) is 5.05. The van der Waals surface area contributed by atoms with Crippen LogP contribution in [0.25, 0.3) is 0 Å². The Hall–Kier alpha value is -2.36. The molecule has 1 amide bonds. The van der Waals surface area contributed by atoms with Crippen LogP contribution in [-0.4, -0.2) is 38.8 Å². The quantitative estimate of drug-likeness (QED) is 0.749. The molecule has 134 valence electrons. The van der Waals surface area contributed by atoms with Crippen LogP contribution in [0.5, 0.6) is 0 Å². The zero-order valence-electron chi connectivity index (χ0n) is 13.1. The molecule has 0 spiro atoms. The second-order valence-corrected chi connectivity index (χ2v) is 7.06. The van der Waals surface area contributed by atoms with Crippen molar-refractivity contribution in [2.24, 2.45) is 5.14 Å². The Balaban J connectivity index is 2.01. The topological polar surface area (TPSA) is 120 Å². The predicted molar refractivity (Wildman–Crippen MR) is 88.3 cm³/mol. The number of nitrogens with zero attached hydrogens (tertiary/aromatic N) is 1. The molecule has 10 heteroatoms. The van der Waals surface area contributed by atoms with Crippen molar-refractivity contribution in [3.05, 3.63) is 52.9 Å². The van der Waals surface area contributed by atoms with Crippen LogP contribution in [0.1, 0.15) is 16.1 Å². The first-order valence-electron chi connectivity index (χ1n) is 6.94. The Labute approximate surface area is 149 Å². The monoisotopic (exact) mass is 386 g/mol. The van der Waals surface area contributed by atoms with Crippen LogP contribution in [0.3, 0.4) is 0 Å². The number of primary sulfonamides is 1. The number of esters is 1. The fourth-order valence-electron chi connectivity index (χ4n) is 1.88. The van der Waals surface area contributed by atoms with E-state index in [1.807, 2.05) is 0 Å². The molecule has 25 heavy (non-hydrogen) atoms. The summed E-state index contributed by atoms with van der Waals surface area (Å²) in [6, 6.07) is 6.76. The maximum Gasteiger partial charge on any atom is 0.340 e. The molecule has 0 unspecified atom stereocenters. The third-order valence-corrected chi connectivity index (χ3v) is 4.45. The SMILES string of the molecule is CN(Cc1ccco1)C(=O)COC(=O)c1cc(S(N)(=O)=O)ccc1Cl. The highest BCUT2D eigenvalue weighted by Crippen LogP contribution is 2.20. The van der Waals surface area contributed by atoms with Crippen LogP contribution in [0, 0.1) is 0 Å². The number of nitrogens with two attached hydrogens (primary N) is 1. The first-order valence-corrected chi connectivity index (χ1v) is 8.86. The summed E-state index contributed by atoms with van der Waals surface area (Å²) in [5.41, 5.74) is -0.199. The van der Waals surface area contributed by atoms with E-state index in [1.54, 1.807) is 12.1 Å². The molecule has 0 bridgehead atoms. The number of amides is 1. The highest BCUT2D eigenvalue weighted by molar-refractivity contribution is 7.89. The summed E-state index contributed by atoms with van der Waals surface area (Å²) in [4.78, 5) is 25.1. The van der Waals surface area contributed by atoms with Gasteiger partial charge in [-0.3, -0.25) is 4.79 Å². The van der Waals surface area contributed by atoms with Crippen molar-refractivity contribution >= 4 is 33.5 Å². The summed E-state index contributed by atoms with van der Waals surface area (Å²) in [7, 11) is -2.48. The van der Waals surface area contributed by atoms with Gasteiger partial charge in [0, 0.05) is 7.05 Å². The van der Waals surface area contributed by atoms with Gasteiger partial charge in [0.2, 0.25) is 10.0 Å². The van der Waals surface area contributed by atoms with Gasteiger partial charge in [-0.05, 0) is 30.3 Å². The van der Waals surface area contributed by atoms with Crippen molar-refractivity contribution in [1.29, 1.82) is 0 Å². The number of hydrogen-bond donors (Lipinski definition) is 1. The third-order valence-electron chi connectivity index (χ3n) is 3.21. The summed E-state index contributed by atoms with van der Waals surface area (Å²) < 4.78 is 32.7. The lowest BCUT2D eigenvalue weighted by molar-refractivity contribution is -0.133.